The Morgan fingerprint density at radius 1 is 1.17 bits per heavy atom. The van der Waals surface area contributed by atoms with Crippen LogP contribution in [0, 0.1) is 0 Å². The Morgan fingerprint density at radius 3 is 2.50 bits per heavy atom. The second-order valence-electron chi connectivity index (χ2n) is 5.59. The van der Waals surface area contributed by atoms with Crippen LogP contribution in [0.25, 0.3) is 11.1 Å². The molecule has 0 bridgehead atoms. The SMILES string of the molecule is COCC[C@H](NC(=O)c1ccc(N)cc1-c1ccccc1)C(C)=O. The summed E-state index contributed by atoms with van der Waals surface area (Å²) in [4.78, 5) is 24.4. The Balaban J connectivity index is 2.31. The van der Waals surface area contributed by atoms with Gasteiger partial charge in [0.2, 0.25) is 0 Å². The summed E-state index contributed by atoms with van der Waals surface area (Å²) in [6.07, 6.45) is 0.438. The second kappa shape index (κ2) is 8.26. The van der Waals surface area contributed by atoms with Gasteiger partial charge >= 0.3 is 0 Å². The van der Waals surface area contributed by atoms with Gasteiger partial charge in [0, 0.05) is 25.0 Å². The number of benzene rings is 2. The van der Waals surface area contributed by atoms with Crippen molar-refractivity contribution in [3.05, 3.63) is 54.1 Å². The molecule has 2 aromatic carbocycles. The van der Waals surface area contributed by atoms with Gasteiger partial charge in [-0.2, -0.15) is 0 Å². The normalized spacial score (nSPS) is 11.8. The van der Waals surface area contributed by atoms with E-state index >= 15 is 0 Å². The highest BCUT2D eigenvalue weighted by Crippen LogP contribution is 2.26. The average molecular weight is 326 g/mol. The van der Waals surface area contributed by atoms with Crippen LogP contribution in [-0.2, 0) is 9.53 Å². The predicted octanol–water partition coefficient (Wildman–Crippen LogP) is 2.66. The highest BCUT2D eigenvalue weighted by Gasteiger charge is 2.20. The molecule has 0 aliphatic carbocycles. The number of amides is 1. The van der Waals surface area contributed by atoms with E-state index in [0.29, 0.717) is 24.3 Å². The molecule has 0 aliphatic rings. The molecule has 0 unspecified atom stereocenters. The van der Waals surface area contributed by atoms with E-state index in [9.17, 15) is 9.59 Å². The monoisotopic (exact) mass is 326 g/mol. The predicted molar refractivity (Wildman–Crippen MR) is 94.7 cm³/mol. The van der Waals surface area contributed by atoms with Gasteiger partial charge < -0.3 is 15.8 Å². The summed E-state index contributed by atoms with van der Waals surface area (Å²) in [5.74, 6) is -0.401. The zero-order valence-corrected chi connectivity index (χ0v) is 13.9. The smallest absolute Gasteiger partial charge is 0.252 e. The summed E-state index contributed by atoms with van der Waals surface area (Å²) in [7, 11) is 1.56. The lowest BCUT2D eigenvalue weighted by molar-refractivity contribution is -0.119. The summed E-state index contributed by atoms with van der Waals surface area (Å²) in [5.41, 5.74) is 8.57. The molecule has 0 aliphatic heterocycles. The molecule has 0 saturated carbocycles. The third-order valence-electron chi connectivity index (χ3n) is 3.78. The zero-order valence-electron chi connectivity index (χ0n) is 13.9. The zero-order chi connectivity index (χ0) is 17.5. The number of nitrogens with one attached hydrogen (secondary N) is 1. The van der Waals surface area contributed by atoms with Gasteiger partial charge in [0.05, 0.1) is 6.04 Å². The van der Waals surface area contributed by atoms with E-state index in [4.69, 9.17) is 10.5 Å². The topological polar surface area (TPSA) is 81.4 Å². The van der Waals surface area contributed by atoms with Crippen LogP contribution in [0.4, 0.5) is 5.69 Å². The summed E-state index contributed by atoms with van der Waals surface area (Å²) in [6, 6.07) is 14.1. The highest BCUT2D eigenvalue weighted by atomic mass is 16.5. The minimum absolute atomic E-state index is 0.0999. The van der Waals surface area contributed by atoms with Crippen LogP contribution in [0.15, 0.2) is 48.5 Å². The molecule has 1 amide bonds. The number of hydrogen-bond acceptors (Lipinski definition) is 4. The number of hydrogen-bond donors (Lipinski definition) is 2. The molecule has 2 rings (SSSR count). The molecular formula is C19H22N2O3. The van der Waals surface area contributed by atoms with Gasteiger partial charge in [-0.15, -0.1) is 0 Å². The quantitative estimate of drug-likeness (QED) is 0.767. The molecule has 24 heavy (non-hydrogen) atoms. The molecule has 0 heterocycles. The van der Waals surface area contributed by atoms with Gasteiger partial charge in [-0.1, -0.05) is 30.3 Å². The van der Waals surface area contributed by atoms with Crippen molar-refractivity contribution in [1.82, 2.24) is 5.32 Å². The van der Waals surface area contributed by atoms with Gasteiger partial charge in [-0.25, -0.2) is 0 Å². The van der Waals surface area contributed by atoms with Crippen molar-refractivity contribution in [2.75, 3.05) is 19.5 Å². The Morgan fingerprint density at radius 2 is 1.88 bits per heavy atom. The number of rotatable bonds is 7. The molecular weight excluding hydrogens is 304 g/mol. The number of ether oxygens (including phenoxy) is 1. The summed E-state index contributed by atoms with van der Waals surface area (Å²) >= 11 is 0. The standard InChI is InChI=1S/C19H22N2O3/c1-13(22)18(10-11-24-2)21-19(23)16-9-8-15(20)12-17(16)14-6-4-3-5-7-14/h3-9,12,18H,10-11,20H2,1-2H3,(H,21,23)/t18-/m0/s1. The molecule has 126 valence electrons. The van der Waals surface area contributed by atoms with Crippen molar-refractivity contribution < 1.29 is 14.3 Å². The van der Waals surface area contributed by atoms with E-state index in [1.54, 1.807) is 25.3 Å². The first-order valence-corrected chi connectivity index (χ1v) is 7.78. The Bertz CT molecular complexity index is 714. The maximum atomic E-state index is 12.7. The van der Waals surface area contributed by atoms with Crippen LogP contribution in [0.1, 0.15) is 23.7 Å². The van der Waals surface area contributed by atoms with E-state index < -0.39 is 6.04 Å². The van der Waals surface area contributed by atoms with E-state index in [2.05, 4.69) is 5.32 Å². The number of ketones is 1. The van der Waals surface area contributed by atoms with E-state index in [-0.39, 0.29) is 11.7 Å². The molecule has 0 saturated heterocycles. The molecule has 0 radical (unpaired) electrons. The van der Waals surface area contributed by atoms with Crippen LogP contribution in [0.5, 0.6) is 0 Å². The summed E-state index contributed by atoms with van der Waals surface area (Å²) < 4.78 is 5.00. The fraction of sp³-hybridized carbons (Fsp3) is 0.263. The molecule has 5 heteroatoms. The lowest BCUT2D eigenvalue weighted by Crippen LogP contribution is -2.40. The van der Waals surface area contributed by atoms with Gasteiger partial charge in [-0.3, -0.25) is 9.59 Å². The molecule has 0 aromatic heterocycles. The first-order chi connectivity index (χ1) is 11.5. The maximum Gasteiger partial charge on any atom is 0.252 e. The third kappa shape index (κ3) is 4.43. The highest BCUT2D eigenvalue weighted by molar-refractivity contribution is 6.03. The van der Waals surface area contributed by atoms with Gasteiger partial charge in [0.25, 0.3) is 5.91 Å². The average Bonchev–Trinajstić information content (AvgIpc) is 2.58. The second-order valence-corrected chi connectivity index (χ2v) is 5.59. The first kappa shape index (κ1) is 17.7. The number of anilines is 1. The van der Waals surface area contributed by atoms with E-state index in [0.717, 1.165) is 11.1 Å². The van der Waals surface area contributed by atoms with Gasteiger partial charge in [0.15, 0.2) is 5.78 Å². The van der Waals surface area contributed by atoms with Crippen molar-refractivity contribution in [3.63, 3.8) is 0 Å². The molecule has 2 aromatic rings. The van der Waals surface area contributed by atoms with Crippen LogP contribution in [0.2, 0.25) is 0 Å². The minimum Gasteiger partial charge on any atom is -0.399 e. The van der Waals surface area contributed by atoms with Crippen LogP contribution in [-0.4, -0.2) is 31.4 Å². The number of nitrogens with two attached hydrogens (primary N) is 1. The number of methoxy groups -OCH3 is 1. The van der Waals surface area contributed by atoms with Gasteiger partial charge in [0.1, 0.15) is 0 Å². The number of carbonyl (C=O) groups excluding carboxylic acids is 2. The first-order valence-electron chi connectivity index (χ1n) is 7.78. The van der Waals surface area contributed by atoms with Crippen molar-refractivity contribution in [2.24, 2.45) is 0 Å². The van der Waals surface area contributed by atoms with Crippen LogP contribution in [0.3, 0.4) is 0 Å². The van der Waals surface area contributed by atoms with Crippen molar-refractivity contribution >= 4 is 17.4 Å². The fourth-order valence-electron chi connectivity index (χ4n) is 2.47. The lowest BCUT2D eigenvalue weighted by Gasteiger charge is -2.17. The van der Waals surface area contributed by atoms with Crippen LogP contribution < -0.4 is 11.1 Å². The van der Waals surface area contributed by atoms with Gasteiger partial charge in [-0.05, 0) is 42.7 Å². The molecule has 5 nitrogen and oxygen atoms in total. The third-order valence-corrected chi connectivity index (χ3v) is 3.78. The minimum atomic E-state index is -0.571. The molecule has 0 spiro atoms. The lowest BCUT2D eigenvalue weighted by atomic mass is 9.98. The number of nitrogen functional groups attached to an aromatic ring is 1. The van der Waals surface area contributed by atoms with E-state index in [1.807, 2.05) is 30.3 Å². The largest absolute Gasteiger partial charge is 0.399 e. The maximum absolute atomic E-state index is 12.7. The number of Topliss-reactive ketones (excluding diaryl/α,β-unsaturated/α-hetero) is 1. The molecule has 1 atom stereocenters. The number of carbonyl (C=O) groups is 2. The molecule has 3 N–H and O–H groups in total. The Kier molecular flexibility index (Phi) is 6.09. The molecule has 0 fully saturated rings. The summed E-state index contributed by atoms with van der Waals surface area (Å²) in [6.45, 7) is 1.86. The Labute approximate surface area is 141 Å². The van der Waals surface area contributed by atoms with Crippen molar-refractivity contribution in [2.45, 2.75) is 19.4 Å². The van der Waals surface area contributed by atoms with Crippen LogP contribution >= 0.6 is 0 Å². The van der Waals surface area contributed by atoms with Crippen molar-refractivity contribution in [3.8, 4) is 11.1 Å². The fourth-order valence-corrected chi connectivity index (χ4v) is 2.47. The van der Waals surface area contributed by atoms with Crippen molar-refractivity contribution in [1.29, 1.82) is 0 Å². The van der Waals surface area contributed by atoms with E-state index in [1.165, 1.54) is 6.92 Å². The Hall–Kier alpha value is -2.66. The summed E-state index contributed by atoms with van der Waals surface area (Å²) in [5, 5.41) is 2.79.